The summed E-state index contributed by atoms with van der Waals surface area (Å²) in [6, 6.07) is 18.6. The Balaban J connectivity index is 1.83. The highest BCUT2D eigenvalue weighted by atomic mass is 16.5. The molecule has 0 amide bonds. The van der Waals surface area contributed by atoms with Crippen molar-refractivity contribution >= 4 is 23.3 Å². The second kappa shape index (κ2) is 7.94. The van der Waals surface area contributed by atoms with E-state index >= 15 is 0 Å². The Morgan fingerprint density at radius 3 is 2.35 bits per heavy atom. The fraction of sp³-hybridized carbons (Fsp3) is 0.0500. The Hall–Kier alpha value is -3.67. The topological polar surface area (TPSA) is 86.8 Å². The largest absolute Gasteiger partial charge is 0.508 e. The highest BCUT2D eigenvalue weighted by Gasteiger charge is 2.02. The van der Waals surface area contributed by atoms with E-state index in [1.54, 1.807) is 55.6 Å². The van der Waals surface area contributed by atoms with Crippen molar-refractivity contribution in [2.45, 2.75) is 0 Å². The number of phenols is 2. The maximum Gasteiger partial charge on any atom is 0.146 e. The van der Waals surface area contributed by atoms with Crippen molar-refractivity contribution in [3.05, 3.63) is 72.3 Å². The third-order valence-corrected chi connectivity index (χ3v) is 3.57. The molecular formula is C20H17N3O3. The minimum atomic E-state index is 0.0868. The quantitative estimate of drug-likeness (QED) is 0.487. The normalized spacial score (nSPS) is 11.3. The maximum atomic E-state index is 10.0. The summed E-state index contributed by atoms with van der Waals surface area (Å²) in [5.41, 5.74) is 2.35. The number of benzene rings is 3. The number of azo groups is 1. The van der Waals surface area contributed by atoms with E-state index in [1.807, 2.05) is 12.1 Å². The highest BCUT2D eigenvalue weighted by molar-refractivity contribution is 5.86. The molecule has 3 aromatic rings. The van der Waals surface area contributed by atoms with E-state index in [1.165, 1.54) is 12.3 Å². The summed E-state index contributed by atoms with van der Waals surface area (Å²) in [4.78, 5) is 4.28. The van der Waals surface area contributed by atoms with Crippen molar-refractivity contribution in [3.63, 3.8) is 0 Å². The molecule has 0 atom stereocenters. The van der Waals surface area contributed by atoms with Crippen LogP contribution in [0.15, 0.2) is 82.0 Å². The van der Waals surface area contributed by atoms with Crippen LogP contribution in [0.4, 0.5) is 17.1 Å². The molecule has 6 nitrogen and oxygen atoms in total. The molecule has 0 aliphatic carbocycles. The van der Waals surface area contributed by atoms with Crippen molar-refractivity contribution in [1.29, 1.82) is 0 Å². The zero-order chi connectivity index (χ0) is 18.4. The number of para-hydroxylation sites is 1. The van der Waals surface area contributed by atoms with Crippen LogP contribution in [0.25, 0.3) is 0 Å². The number of hydrogen-bond donors (Lipinski definition) is 2. The minimum absolute atomic E-state index is 0.0868. The predicted octanol–water partition coefficient (Wildman–Crippen LogP) is 5.27. The van der Waals surface area contributed by atoms with Gasteiger partial charge < -0.3 is 14.9 Å². The lowest BCUT2D eigenvalue weighted by atomic mass is 10.2. The second-order valence-corrected chi connectivity index (χ2v) is 5.39. The third kappa shape index (κ3) is 4.24. The lowest BCUT2D eigenvalue weighted by Crippen LogP contribution is -1.83. The van der Waals surface area contributed by atoms with E-state index in [9.17, 15) is 10.2 Å². The molecule has 0 aromatic heterocycles. The van der Waals surface area contributed by atoms with Crippen molar-refractivity contribution < 1.29 is 14.9 Å². The van der Waals surface area contributed by atoms with Gasteiger partial charge in [0.25, 0.3) is 0 Å². The summed E-state index contributed by atoms with van der Waals surface area (Å²) in [6.07, 6.45) is 1.53. The zero-order valence-electron chi connectivity index (χ0n) is 14.1. The van der Waals surface area contributed by atoms with Crippen LogP contribution in [0.3, 0.4) is 0 Å². The molecular weight excluding hydrogens is 330 g/mol. The lowest BCUT2D eigenvalue weighted by molar-refractivity contribution is 0.416. The molecule has 2 N–H and O–H groups in total. The number of methoxy groups -OCH3 is 1. The van der Waals surface area contributed by atoms with Crippen molar-refractivity contribution in [2.24, 2.45) is 15.2 Å². The molecule has 0 bridgehead atoms. The standard InChI is InChI=1S/C20H17N3O3/c1-26-20-5-3-2-4-18(20)23-22-16-8-11-19(25)14(12-16)13-21-15-6-9-17(24)10-7-15/h2-13,24-25H,1H3. The van der Waals surface area contributed by atoms with Crippen molar-refractivity contribution in [1.82, 2.24) is 0 Å². The molecule has 0 spiro atoms. The van der Waals surface area contributed by atoms with Gasteiger partial charge in [-0.25, -0.2) is 0 Å². The first-order valence-electron chi connectivity index (χ1n) is 7.86. The molecule has 130 valence electrons. The fourth-order valence-electron chi connectivity index (χ4n) is 2.21. The van der Waals surface area contributed by atoms with Gasteiger partial charge in [0, 0.05) is 11.8 Å². The van der Waals surface area contributed by atoms with E-state index in [2.05, 4.69) is 15.2 Å². The lowest BCUT2D eigenvalue weighted by Gasteiger charge is -2.03. The van der Waals surface area contributed by atoms with Gasteiger partial charge >= 0.3 is 0 Å². The van der Waals surface area contributed by atoms with Crippen LogP contribution < -0.4 is 4.74 Å². The van der Waals surface area contributed by atoms with Crippen LogP contribution in [0.5, 0.6) is 17.2 Å². The average molecular weight is 347 g/mol. The summed E-state index contributed by atoms with van der Waals surface area (Å²) in [5.74, 6) is 0.887. The second-order valence-electron chi connectivity index (χ2n) is 5.39. The Labute approximate surface area is 150 Å². The van der Waals surface area contributed by atoms with Gasteiger partial charge in [0.2, 0.25) is 0 Å². The number of aliphatic imine (C=N–C) groups is 1. The summed E-state index contributed by atoms with van der Waals surface area (Å²) in [5, 5.41) is 27.7. The monoisotopic (exact) mass is 347 g/mol. The molecule has 0 aliphatic heterocycles. The van der Waals surface area contributed by atoms with Crippen LogP contribution in [0.2, 0.25) is 0 Å². The first-order valence-corrected chi connectivity index (χ1v) is 7.86. The number of nitrogens with zero attached hydrogens (tertiary/aromatic N) is 3. The SMILES string of the molecule is COc1ccccc1N=Nc1ccc(O)c(C=Nc2ccc(O)cc2)c1. The number of rotatable bonds is 5. The average Bonchev–Trinajstić information content (AvgIpc) is 2.67. The Kier molecular flexibility index (Phi) is 5.24. The van der Waals surface area contributed by atoms with E-state index in [-0.39, 0.29) is 11.5 Å². The predicted molar refractivity (Wildman–Crippen MR) is 101 cm³/mol. The summed E-state index contributed by atoms with van der Waals surface area (Å²) in [7, 11) is 1.58. The molecule has 6 heteroatoms. The van der Waals surface area contributed by atoms with Gasteiger partial charge in [-0.1, -0.05) is 12.1 Å². The molecule has 0 fully saturated rings. The molecule has 0 unspecified atom stereocenters. The van der Waals surface area contributed by atoms with Crippen molar-refractivity contribution in [2.75, 3.05) is 7.11 Å². The minimum Gasteiger partial charge on any atom is -0.508 e. The molecule has 3 aromatic carbocycles. The molecule has 0 saturated heterocycles. The van der Waals surface area contributed by atoms with Gasteiger partial charge in [-0.3, -0.25) is 4.99 Å². The molecule has 0 heterocycles. The summed E-state index contributed by atoms with van der Waals surface area (Å²) >= 11 is 0. The van der Waals surface area contributed by atoms with Crippen LogP contribution >= 0.6 is 0 Å². The molecule has 0 saturated carbocycles. The van der Waals surface area contributed by atoms with Gasteiger partial charge in [-0.05, 0) is 54.6 Å². The summed E-state index contributed by atoms with van der Waals surface area (Å²) < 4.78 is 5.24. The Morgan fingerprint density at radius 2 is 1.58 bits per heavy atom. The van der Waals surface area contributed by atoms with Gasteiger partial charge in [-0.2, -0.15) is 5.11 Å². The smallest absolute Gasteiger partial charge is 0.146 e. The molecule has 0 aliphatic rings. The number of hydrogen-bond acceptors (Lipinski definition) is 6. The van der Waals surface area contributed by atoms with Crippen LogP contribution in [-0.4, -0.2) is 23.5 Å². The van der Waals surface area contributed by atoms with Crippen LogP contribution in [0, 0.1) is 0 Å². The molecule has 0 radical (unpaired) electrons. The van der Waals surface area contributed by atoms with E-state index in [4.69, 9.17) is 4.74 Å². The zero-order valence-corrected chi connectivity index (χ0v) is 14.1. The first-order chi connectivity index (χ1) is 12.7. The van der Waals surface area contributed by atoms with Crippen LogP contribution in [-0.2, 0) is 0 Å². The highest BCUT2D eigenvalue weighted by Crippen LogP contribution is 2.29. The van der Waals surface area contributed by atoms with Gasteiger partial charge in [0.15, 0.2) is 0 Å². The Bertz CT molecular complexity index is 951. The van der Waals surface area contributed by atoms with Gasteiger partial charge in [-0.15, -0.1) is 5.11 Å². The third-order valence-electron chi connectivity index (χ3n) is 3.57. The van der Waals surface area contributed by atoms with E-state index in [0.717, 1.165) is 0 Å². The fourth-order valence-corrected chi connectivity index (χ4v) is 2.21. The first kappa shape index (κ1) is 17.2. The van der Waals surface area contributed by atoms with Crippen LogP contribution in [0.1, 0.15) is 5.56 Å². The van der Waals surface area contributed by atoms with E-state index < -0.39 is 0 Å². The summed E-state index contributed by atoms with van der Waals surface area (Å²) in [6.45, 7) is 0. The molecule has 26 heavy (non-hydrogen) atoms. The maximum absolute atomic E-state index is 10.0. The number of aromatic hydroxyl groups is 2. The number of ether oxygens (including phenoxy) is 1. The molecule has 3 rings (SSSR count). The number of phenolic OH excluding ortho intramolecular Hbond substituents is 2. The Morgan fingerprint density at radius 1 is 0.846 bits per heavy atom. The van der Waals surface area contributed by atoms with Gasteiger partial charge in [0.05, 0.1) is 18.5 Å². The van der Waals surface area contributed by atoms with Crippen molar-refractivity contribution in [3.8, 4) is 17.2 Å². The van der Waals surface area contributed by atoms with Gasteiger partial charge in [0.1, 0.15) is 22.9 Å². The van der Waals surface area contributed by atoms with E-state index in [0.29, 0.717) is 28.4 Å².